The summed E-state index contributed by atoms with van der Waals surface area (Å²) in [6.45, 7) is 4.02. The first-order valence-electron chi connectivity index (χ1n) is 7.43. The number of nitrogens with zero attached hydrogens (tertiary/aromatic N) is 4. The van der Waals surface area contributed by atoms with Crippen molar-refractivity contribution in [3.8, 4) is 0 Å². The van der Waals surface area contributed by atoms with Crippen molar-refractivity contribution in [1.29, 1.82) is 0 Å². The molecular formula is C16H18BrN5O. The van der Waals surface area contributed by atoms with Crippen LogP contribution < -0.4 is 10.2 Å². The number of rotatable bonds is 3. The van der Waals surface area contributed by atoms with E-state index in [-0.39, 0.29) is 5.91 Å². The minimum Gasteiger partial charge on any atom is -0.354 e. The molecule has 1 amide bonds. The van der Waals surface area contributed by atoms with Crippen LogP contribution in [0.4, 0.5) is 11.5 Å². The highest BCUT2D eigenvalue weighted by atomic mass is 79.9. The molecule has 0 spiro atoms. The summed E-state index contributed by atoms with van der Waals surface area (Å²) in [6, 6.07) is 5.55. The number of likely N-dealkylation sites (N-methyl/N-ethyl adjacent to an activating group) is 1. The summed E-state index contributed by atoms with van der Waals surface area (Å²) in [5.41, 5.74) is 1.18. The molecule has 0 unspecified atom stereocenters. The summed E-state index contributed by atoms with van der Waals surface area (Å²) in [5, 5.41) is 2.83. The highest BCUT2D eigenvalue weighted by Gasteiger charge is 2.15. The van der Waals surface area contributed by atoms with Gasteiger partial charge >= 0.3 is 0 Å². The third kappa shape index (κ3) is 4.05. The van der Waals surface area contributed by atoms with Crippen molar-refractivity contribution in [3.05, 3.63) is 46.8 Å². The maximum atomic E-state index is 12.2. The number of hydrogen-bond acceptors (Lipinski definition) is 5. The van der Waals surface area contributed by atoms with E-state index >= 15 is 0 Å². The summed E-state index contributed by atoms with van der Waals surface area (Å²) < 4.78 is 0.772. The van der Waals surface area contributed by atoms with Crippen LogP contribution in [0.5, 0.6) is 0 Å². The first-order valence-corrected chi connectivity index (χ1v) is 8.22. The lowest BCUT2D eigenvalue weighted by molar-refractivity contribution is 0.102. The third-order valence-electron chi connectivity index (χ3n) is 3.80. The molecule has 1 fully saturated rings. The first kappa shape index (κ1) is 15.9. The van der Waals surface area contributed by atoms with Gasteiger partial charge in [-0.05, 0) is 41.2 Å². The van der Waals surface area contributed by atoms with E-state index in [9.17, 15) is 4.79 Å². The Morgan fingerprint density at radius 3 is 2.61 bits per heavy atom. The number of amides is 1. The number of piperazine rings is 1. The molecule has 1 saturated heterocycles. The van der Waals surface area contributed by atoms with Crippen molar-refractivity contribution >= 4 is 33.3 Å². The number of pyridine rings is 2. The van der Waals surface area contributed by atoms with Crippen LogP contribution in [0.1, 0.15) is 10.4 Å². The Morgan fingerprint density at radius 2 is 1.96 bits per heavy atom. The molecule has 3 heterocycles. The molecule has 0 radical (unpaired) electrons. The highest BCUT2D eigenvalue weighted by molar-refractivity contribution is 9.10. The van der Waals surface area contributed by atoms with Crippen molar-refractivity contribution in [2.75, 3.05) is 43.4 Å². The quantitative estimate of drug-likeness (QED) is 0.891. The maximum Gasteiger partial charge on any atom is 0.257 e. The average molecular weight is 376 g/mol. The van der Waals surface area contributed by atoms with E-state index in [1.165, 1.54) is 6.20 Å². The molecule has 120 valence electrons. The monoisotopic (exact) mass is 375 g/mol. The van der Waals surface area contributed by atoms with E-state index in [1.54, 1.807) is 18.5 Å². The van der Waals surface area contributed by atoms with Crippen LogP contribution in [0, 0.1) is 0 Å². The molecule has 6 nitrogen and oxygen atoms in total. The molecule has 0 aromatic carbocycles. The smallest absolute Gasteiger partial charge is 0.257 e. The summed E-state index contributed by atoms with van der Waals surface area (Å²) >= 11 is 3.31. The van der Waals surface area contributed by atoms with Gasteiger partial charge in [0.1, 0.15) is 5.82 Å². The number of carbonyl (C=O) groups excluding carboxylic acids is 1. The molecule has 1 N–H and O–H groups in total. The van der Waals surface area contributed by atoms with Gasteiger partial charge in [-0.2, -0.15) is 0 Å². The summed E-state index contributed by atoms with van der Waals surface area (Å²) in [7, 11) is 2.13. The Kier molecular flexibility index (Phi) is 4.88. The maximum absolute atomic E-state index is 12.2. The lowest BCUT2D eigenvalue weighted by Crippen LogP contribution is -2.44. The first-order chi connectivity index (χ1) is 11.1. The van der Waals surface area contributed by atoms with Crippen molar-refractivity contribution < 1.29 is 4.79 Å². The highest BCUT2D eigenvalue weighted by Crippen LogP contribution is 2.17. The molecule has 1 aliphatic rings. The zero-order valence-electron chi connectivity index (χ0n) is 12.9. The van der Waals surface area contributed by atoms with Gasteiger partial charge in [0.15, 0.2) is 0 Å². The van der Waals surface area contributed by atoms with Gasteiger partial charge in [-0.25, -0.2) is 4.98 Å². The zero-order valence-corrected chi connectivity index (χ0v) is 14.5. The van der Waals surface area contributed by atoms with E-state index < -0.39 is 0 Å². The molecule has 0 aliphatic carbocycles. The average Bonchev–Trinajstić information content (AvgIpc) is 2.56. The largest absolute Gasteiger partial charge is 0.354 e. The Bertz CT molecular complexity index is 683. The number of carbonyl (C=O) groups is 1. The standard InChI is InChI=1S/C16H18BrN5O/c1-21-4-6-22(7-5-21)15-3-2-14(11-19-15)20-16(23)12-8-13(17)10-18-9-12/h2-3,8-11H,4-7H2,1H3,(H,20,23). The SMILES string of the molecule is CN1CCN(c2ccc(NC(=O)c3cncc(Br)c3)cn2)CC1. The Labute approximate surface area is 143 Å². The van der Waals surface area contributed by atoms with Gasteiger partial charge < -0.3 is 15.1 Å². The minimum absolute atomic E-state index is 0.201. The van der Waals surface area contributed by atoms with Gasteiger partial charge in [-0.3, -0.25) is 9.78 Å². The van der Waals surface area contributed by atoms with Crippen LogP contribution >= 0.6 is 15.9 Å². The van der Waals surface area contributed by atoms with Gasteiger partial charge in [0.05, 0.1) is 17.4 Å². The zero-order chi connectivity index (χ0) is 16.2. The van der Waals surface area contributed by atoms with Crippen LogP contribution in [0.2, 0.25) is 0 Å². The Balaban J connectivity index is 1.64. The second-order valence-electron chi connectivity index (χ2n) is 5.54. The lowest BCUT2D eigenvalue weighted by atomic mass is 10.2. The van der Waals surface area contributed by atoms with E-state index in [0.29, 0.717) is 11.3 Å². The predicted molar refractivity (Wildman–Crippen MR) is 93.8 cm³/mol. The van der Waals surface area contributed by atoms with Crippen LogP contribution in [0.25, 0.3) is 0 Å². The normalized spacial score (nSPS) is 15.5. The minimum atomic E-state index is -0.201. The molecule has 1 aliphatic heterocycles. The van der Waals surface area contributed by atoms with E-state index in [4.69, 9.17) is 0 Å². The summed E-state index contributed by atoms with van der Waals surface area (Å²) in [5.74, 6) is 0.744. The molecular weight excluding hydrogens is 358 g/mol. The van der Waals surface area contributed by atoms with Crippen molar-refractivity contribution in [2.24, 2.45) is 0 Å². The topological polar surface area (TPSA) is 61.4 Å². The summed E-state index contributed by atoms with van der Waals surface area (Å²) in [4.78, 5) is 25.2. The van der Waals surface area contributed by atoms with Crippen molar-refractivity contribution in [1.82, 2.24) is 14.9 Å². The van der Waals surface area contributed by atoms with Crippen LogP contribution in [-0.2, 0) is 0 Å². The fourth-order valence-corrected chi connectivity index (χ4v) is 2.79. The number of anilines is 2. The number of hydrogen-bond donors (Lipinski definition) is 1. The van der Waals surface area contributed by atoms with E-state index in [2.05, 4.69) is 48.1 Å². The number of aromatic nitrogens is 2. The second kappa shape index (κ2) is 7.06. The number of nitrogens with one attached hydrogen (secondary N) is 1. The lowest BCUT2D eigenvalue weighted by Gasteiger charge is -2.33. The van der Waals surface area contributed by atoms with Gasteiger partial charge in [0, 0.05) is 43.0 Å². The van der Waals surface area contributed by atoms with Crippen LogP contribution in [-0.4, -0.2) is 54.0 Å². The second-order valence-corrected chi connectivity index (χ2v) is 6.46. The Hall–Kier alpha value is -1.99. The van der Waals surface area contributed by atoms with Crippen molar-refractivity contribution in [3.63, 3.8) is 0 Å². The summed E-state index contributed by atoms with van der Waals surface area (Å²) in [6.07, 6.45) is 4.87. The third-order valence-corrected chi connectivity index (χ3v) is 4.23. The van der Waals surface area contributed by atoms with Gasteiger partial charge in [0.25, 0.3) is 5.91 Å². The number of halogens is 1. The molecule has 23 heavy (non-hydrogen) atoms. The van der Waals surface area contributed by atoms with Gasteiger partial charge in [0.2, 0.25) is 0 Å². The fraction of sp³-hybridized carbons (Fsp3) is 0.312. The molecule has 2 aromatic heterocycles. The Morgan fingerprint density at radius 1 is 1.17 bits per heavy atom. The molecule has 7 heteroatoms. The van der Waals surface area contributed by atoms with Crippen LogP contribution in [0.3, 0.4) is 0 Å². The van der Waals surface area contributed by atoms with Crippen LogP contribution in [0.15, 0.2) is 41.3 Å². The van der Waals surface area contributed by atoms with E-state index in [0.717, 1.165) is 36.5 Å². The molecule has 3 rings (SSSR count). The van der Waals surface area contributed by atoms with Gasteiger partial charge in [-0.1, -0.05) is 0 Å². The fourth-order valence-electron chi connectivity index (χ4n) is 2.42. The molecule has 0 bridgehead atoms. The van der Waals surface area contributed by atoms with Crippen molar-refractivity contribution in [2.45, 2.75) is 0 Å². The molecule has 0 atom stereocenters. The van der Waals surface area contributed by atoms with E-state index in [1.807, 2.05) is 12.1 Å². The molecule has 2 aromatic rings. The predicted octanol–water partition coefficient (Wildman–Crippen LogP) is 2.24. The van der Waals surface area contributed by atoms with Gasteiger partial charge in [-0.15, -0.1) is 0 Å². The molecule has 0 saturated carbocycles.